The molecule has 132 valence electrons. The maximum atomic E-state index is 12.8. The minimum Gasteiger partial charge on any atom is -0.350 e. The molecule has 0 unspecified atom stereocenters. The first-order valence-electron chi connectivity index (χ1n) is 9.33. The summed E-state index contributed by atoms with van der Waals surface area (Å²) >= 11 is 1.45. The monoisotopic (exact) mass is 348 g/mol. The molecule has 5 nitrogen and oxygen atoms in total. The molecule has 5 rings (SSSR count). The molecule has 4 saturated carbocycles. The number of carbonyl (C=O) groups excluding carboxylic acids is 1. The molecule has 0 radical (unpaired) electrons. The number of aromatic amines is 1. The van der Waals surface area contributed by atoms with E-state index in [2.05, 4.69) is 34.3 Å². The van der Waals surface area contributed by atoms with E-state index in [4.69, 9.17) is 0 Å². The van der Waals surface area contributed by atoms with Crippen LogP contribution in [-0.2, 0) is 4.79 Å². The van der Waals surface area contributed by atoms with Crippen molar-refractivity contribution in [1.29, 1.82) is 0 Å². The van der Waals surface area contributed by atoms with Crippen molar-refractivity contribution in [2.45, 2.75) is 81.2 Å². The number of thioether (sulfide) groups is 1. The molecule has 0 aromatic carbocycles. The molecule has 4 aliphatic carbocycles. The Morgan fingerprint density at radius 2 is 1.75 bits per heavy atom. The minimum absolute atomic E-state index is 0.0861. The molecule has 1 aromatic heterocycles. The normalized spacial score (nSPS) is 35.4. The molecule has 4 fully saturated rings. The van der Waals surface area contributed by atoms with Crippen molar-refractivity contribution in [3.05, 3.63) is 5.82 Å². The predicted molar refractivity (Wildman–Crippen MR) is 94.8 cm³/mol. The van der Waals surface area contributed by atoms with Gasteiger partial charge in [-0.25, -0.2) is 4.98 Å². The van der Waals surface area contributed by atoms with E-state index < -0.39 is 0 Å². The molecule has 0 saturated heterocycles. The Kier molecular flexibility index (Phi) is 4.14. The Balaban J connectivity index is 1.38. The van der Waals surface area contributed by atoms with Gasteiger partial charge in [0.15, 0.2) is 0 Å². The van der Waals surface area contributed by atoms with E-state index in [1.165, 1.54) is 50.3 Å². The zero-order valence-electron chi connectivity index (χ0n) is 14.8. The number of nitrogens with zero attached hydrogens (tertiary/aromatic N) is 2. The lowest BCUT2D eigenvalue weighted by atomic mass is 9.53. The third kappa shape index (κ3) is 3.09. The highest BCUT2D eigenvalue weighted by molar-refractivity contribution is 8.00. The summed E-state index contributed by atoms with van der Waals surface area (Å²) < 4.78 is 0. The Bertz CT molecular complexity index is 591. The molecule has 4 bridgehead atoms. The van der Waals surface area contributed by atoms with Crippen molar-refractivity contribution >= 4 is 17.7 Å². The first-order chi connectivity index (χ1) is 11.4. The van der Waals surface area contributed by atoms with Crippen molar-refractivity contribution in [2.24, 2.45) is 17.8 Å². The number of nitrogens with one attached hydrogen (secondary N) is 2. The van der Waals surface area contributed by atoms with Gasteiger partial charge in [-0.15, -0.1) is 5.10 Å². The smallest absolute Gasteiger partial charge is 0.233 e. The van der Waals surface area contributed by atoms with Crippen molar-refractivity contribution in [2.75, 3.05) is 0 Å². The van der Waals surface area contributed by atoms with E-state index in [-0.39, 0.29) is 16.7 Å². The Morgan fingerprint density at radius 3 is 2.25 bits per heavy atom. The van der Waals surface area contributed by atoms with Gasteiger partial charge < -0.3 is 5.32 Å². The summed E-state index contributed by atoms with van der Waals surface area (Å²) in [6, 6.07) is 0. The molecular weight excluding hydrogens is 320 g/mol. The zero-order chi connectivity index (χ0) is 16.9. The van der Waals surface area contributed by atoms with Crippen LogP contribution >= 0.6 is 11.8 Å². The molecule has 4 aliphatic rings. The van der Waals surface area contributed by atoms with Gasteiger partial charge in [0, 0.05) is 11.5 Å². The van der Waals surface area contributed by atoms with E-state index in [0.29, 0.717) is 11.1 Å². The summed E-state index contributed by atoms with van der Waals surface area (Å²) in [5.74, 6) is 3.90. The molecule has 1 aromatic rings. The second kappa shape index (κ2) is 6.04. The highest BCUT2D eigenvalue weighted by atomic mass is 32.2. The van der Waals surface area contributed by atoms with Gasteiger partial charge in [-0.1, -0.05) is 25.6 Å². The minimum atomic E-state index is -0.159. The molecule has 0 aliphatic heterocycles. The summed E-state index contributed by atoms with van der Waals surface area (Å²) in [6.07, 6.45) is 7.78. The Morgan fingerprint density at radius 1 is 1.17 bits per heavy atom. The predicted octanol–water partition coefficient (Wildman–Crippen LogP) is 3.49. The summed E-state index contributed by atoms with van der Waals surface area (Å²) in [4.78, 5) is 17.3. The number of hydrogen-bond donors (Lipinski definition) is 2. The van der Waals surface area contributed by atoms with Crippen molar-refractivity contribution < 1.29 is 4.79 Å². The molecule has 0 spiro atoms. The maximum Gasteiger partial charge on any atom is 0.233 e. The third-order valence-electron chi connectivity index (χ3n) is 6.11. The second-order valence-electron chi connectivity index (χ2n) is 8.61. The lowest BCUT2D eigenvalue weighted by molar-refractivity contribution is -0.126. The Labute approximate surface area is 148 Å². The SMILES string of the molecule is CC(C)c1nc(S[C@@H](C)C(=O)NC23CC4CC(CC(C4)C2)C3)n[nH]1. The van der Waals surface area contributed by atoms with Gasteiger partial charge in [0.1, 0.15) is 5.82 Å². The maximum absolute atomic E-state index is 12.8. The van der Waals surface area contributed by atoms with Crippen molar-refractivity contribution in [3.63, 3.8) is 0 Å². The van der Waals surface area contributed by atoms with Gasteiger partial charge in [0.05, 0.1) is 5.25 Å². The van der Waals surface area contributed by atoms with Crippen LogP contribution in [0.2, 0.25) is 0 Å². The van der Waals surface area contributed by atoms with Crippen LogP contribution in [-0.4, -0.2) is 31.9 Å². The second-order valence-corrected chi connectivity index (χ2v) is 9.91. The Hall–Kier alpha value is -1.04. The fourth-order valence-electron chi connectivity index (χ4n) is 5.41. The van der Waals surface area contributed by atoms with Crippen LogP contribution in [0.15, 0.2) is 5.16 Å². The average molecular weight is 349 g/mol. The first kappa shape index (κ1) is 16.4. The number of H-pyrrole nitrogens is 1. The fourth-order valence-corrected chi connectivity index (χ4v) is 6.14. The van der Waals surface area contributed by atoms with Crippen LogP contribution in [0, 0.1) is 17.8 Å². The number of carbonyl (C=O) groups is 1. The molecule has 1 heterocycles. The van der Waals surface area contributed by atoms with E-state index in [9.17, 15) is 4.79 Å². The van der Waals surface area contributed by atoms with E-state index in [0.717, 1.165) is 23.6 Å². The molecule has 6 heteroatoms. The van der Waals surface area contributed by atoms with Crippen LogP contribution in [0.3, 0.4) is 0 Å². The molecule has 1 atom stereocenters. The largest absolute Gasteiger partial charge is 0.350 e. The zero-order valence-corrected chi connectivity index (χ0v) is 15.7. The fraction of sp³-hybridized carbons (Fsp3) is 0.833. The molecular formula is C18H28N4OS. The van der Waals surface area contributed by atoms with Crippen LogP contribution in [0.25, 0.3) is 0 Å². The number of hydrogen-bond acceptors (Lipinski definition) is 4. The lowest BCUT2D eigenvalue weighted by Crippen LogP contribution is -2.60. The van der Waals surface area contributed by atoms with Crippen molar-refractivity contribution in [1.82, 2.24) is 20.5 Å². The topological polar surface area (TPSA) is 70.7 Å². The van der Waals surface area contributed by atoms with Crippen LogP contribution in [0.5, 0.6) is 0 Å². The summed E-state index contributed by atoms with van der Waals surface area (Å²) in [5.41, 5.74) is 0.0861. The van der Waals surface area contributed by atoms with Crippen LogP contribution in [0.4, 0.5) is 0 Å². The summed E-state index contributed by atoms with van der Waals surface area (Å²) in [5, 5.41) is 11.2. The molecule has 1 amide bonds. The van der Waals surface area contributed by atoms with Gasteiger partial charge in [-0.05, 0) is 63.2 Å². The standard InChI is InChI=1S/C18H28N4OS/c1-10(2)15-19-17(22-21-15)24-11(3)16(23)20-18-7-12-4-13(8-18)6-14(5-12)9-18/h10-14H,4-9H2,1-3H3,(H,20,23)(H,19,21,22)/t11-,12?,13?,14?,18?/m0/s1. The van der Waals surface area contributed by atoms with E-state index >= 15 is 0 Å². The number of amides is 1. The summed E-state index contributed by atoms with van der Waals surface area (Å²) in [7, 11) is 0. The van der Waals surface area contributed by atoms with Gasteiger partial charge in [-0.2, -0.15) is 0 Å². The molecule has 24 heavy (non-hydrogen) atoms. The molecule has 2 N–H and O–H groups in total. The van der Waals surface area contributed by atoms with Gasteiger partial charge in [-0.3, -0.25) is 9.89 Å². The van der Waals surface area contributed by atoms with Gasteiger partial charge in [0.25, 0.3) is 0 Å². The third-order valence-corrected chi connectivity index (χ3v) is 7.07. The average Bonchev–Trinajstić information content (AvgIpc) is 2.94. The van der Waals surface area contributed by atoms with Gasteiger partial charge >= 0.3 is 0 Å². The first-order valence-corrected chi connectivity index (χ1v) is 10.2. The van der Waals surface area contributed by atoms with Crippen LogP contribution < -0.4 is 5.32 Å². The van der Waals surface area contributed by atoms with Gasteiger partial charge in [0.2, 0.25) is 11.1 Å². The number of rotatable bonds is 5. The summed E-state index contributed by atoms with van der Waals surface area (Å²) in [6.45, 7) is 6.13. The van der Waals surface area contributed by atoms with E-state index in [1.807, 2.05) is 6.92 Å². The number of aromatic nitrogens is 3. The van der Waals surface area contributed by atoms with Crippen molar-refractivity contribution in [3.8, 4) is 0 Å². The lowest BCUT2D eigenvalue weighted by Gasteiger charge is -2.57. The van der Waals surface area contributed by atoms with E-state index in [1.54, 1.807) is 0 Å². The highest BCUT2D eigenvalue weighted by Gasteiger charge is 2.51. The van der Waals surface area contributed by atoms with Crippen LogP contribution in [0.1, 0.15) is 71.0 Å². The highest BCUT2D eigenvalue weighted by Crippen LogP contribution is 2.55. The quantitative estimate of drug-likeness (QED) is 0.799.